The van der Waals surface area contributed by atoms with Crippen molar-refractivity contribution in [2.45, 2.75) is 12.2 Å². The van der Waals surface area contributed by atoms with Crippen molar-refractivity contribution < 1.29 is 13.2 Å². The summed E-state index contributed by atoms with van der Waals surface area (Å²) >= 11 is 0. The van der Waals surface area contributed by atoms with Crippen LogP contribution >= 0.6 is 0 Å². The maximum atomic E-state index is 11.7. The van der Waals surface area contributed by atoms with E-state index in [1.807, 2.05) is 18.2 Å². The molecule has 96 valence electrons. The van der Waals surface area contributed by atoms with Crippen molar-refractivity contribution in [3.8, 4) is 0 Å². The number of nitrogens with zero attached hydrogens (tertiary/aromatic N) is 1. The molecule has 18 heavy (non-hydrogen) atoms. The molecule has 0 bridgehead atoms. The summed E-state index contributed by atoms with van der Waals surface area (Å²) in [7, 11) is -3.41. The third-order valence-corrected chi connectivity index (χ3v) is 4.14. The van der Waals surface area contributed by atoms with E-state index in [-0.39, 0.29) is 5.95 Å². The Bertz CT molecular complexity index is 657. The number of amides is 1. The largest absolute Gasteiger partial charge is 0.324 e. The molecular weight excluding hydrogens is 254 g/mol. The summed E-state index contributed by atoms with van der Waals surface area (Å²) in [6.07, 6.45) is 1.02. The lowest BCUT2D eigenvalue weighted by Gasteiger charge is -2.07. The molecule has 0 aliphatic rings. The van der Waals surface area contributed by atoms with Gasteiger partial charge in [0.15, 0.2) is 9.84 Å². The molecular formula is C11H13N3O3S. The van der Waals surface area contributed by atoms with Crippen LogP contribution in [0.5, 0.6) is 0 Å². The summed E-state index contributed by atoms with van der Waals surface area (Å²) in [6, 6.07) is 7.28. The standard InChI is InChI=1S/C11H13N3O3S/c1-7(18(2,16)17)10(15)14-11-12-8-5-3-4-6-9(8)13-11/h3-7H,1-2H3,(H2,12,13,14,15). The number of fused-ring (bicyclic) bond motifs is 1. The number of rotatable bonds is 3. The summed E-state index contributed by atoms with van der Waals surface area (Å²) in [5, 5.41) is 1.35. The van der Waals surface area contributed by atoms with Crippen molar-refractivity contribution in [2.24, 2.45) is 0 Å². The summed E-state index contributed by atoms with van der Waals surface area (Å²) in [5.74, 6) is -0.353. The molecule has 1 atom stereocenters. The van der Waals surface area contributed by atoms with Gasteiger partial charge >= 0.3 is 0 Å². The number of anilines is 1. The van der Waals surface area contributed by atoms with Crippen molar-refractivity contribution in [3.05, 3.63) is 24.3 Å². The lowest BCUT2D eigenvalue weighted by Crippen LogP contribution is -2.32. The number of hydrogen-bond acceptors (Lipinski definition) is 4. The maximum absolute atomic E-state index is 11.7. The highest BCUT2D eigenvalue weighted by Crippen LogP contribution is 2.13. The number of carbonyl (C=O) groups is 1. The zero-order chi connectivity index (χ0) is 13.3. The molecule has 1 aromatic heterocycles. The number of benzene rings is 1. The number of H-pyrrole nitrogens is 1. The molecule has 0 radical (unpaired) electrons. The van der Waals surface area contributed by atoms with E-state index in [0.29, 0.717) is 5.52 Å². The van der Waals surface area contributed by atoms with Gasteiger partial charge in [-0.3, -0.25) is 10.1 Å². The second kappa shape index (κ2) is 4.41. The van der Waals surface area contributed by atoms with Crippen LogP contribution in [0, 0.1) is 0 Å². The fourth-order valence-electron chi connectivity index (χ4n) is 1.42. The van der Waals surface area contributed by atoms with E-state index in [1.54, 1.807) is 6.07 Å². The fourth-order valence-corrected chi connectivity index (χ4v) is 1.87. The Balaban J connectivity index is 2.22. The minimum Gasteiger partial charge on any atom is -0.324 e. The number of carbonyl (C=O) groups excluding carboxylic acids is 1. The molecule has 1 amide bonds. The van der Waals surface area contributed by atoms with Crippen LogP contribution in [0.3, 0.4) is 0 Å². The number of para-hydroxylation sites is 2. The van der Waals surface area contributed by atoms with Gasteiger partial charge in [0.25, 0.3) is 0 Å². The molecule has 1 unspecified atom stereocenters. The number of imidazole rings is 1. The van der Waals surface area contributed by atoms with Crippen LogP contribution in [-0.2, 0) is 14.6 Å². The van der Waals surface area contributed by atoms with Crippen molar-refractivity contribution >= 4 is 32.7 Å². The van der Waals surface area contributed by atoms with Crippen molar-refractivity contribution in [3.63, 3.8) is 0 Å². The summed E-state index contributed by atoms with van der Waals surface area (Å²) < 4.78 is 22.5. The van der Waals surface area contributed by atoms with Gasteiger partial charge in [0.05, 0.1) is 11.0 Å². The van der Waals surface area contributed by atoms with Crippen molar-refractivity contribution in [1.82, 2.24) is 9.97 Å². The van der Waals surface area contributed by atoms with Gasteiger partial charge in [-0.05, 0) is 19.1 Å². The van der Waals surface area contributed by atoms with E-state index in [2.05, 4.69) is 15.3 Å². The van der Waals surface area contributed by atoms with Crippen LogP contribution in [0.25, 0.3) is 11.0 Å². The Morgan fingerprint density at radius 3 is 2.67 bits per heavy atom. The van der Waals surface area contributed by atoms with Crippen LogP contribution in [0.4, 0.5) is 5.95 Å². The quantitative estimate of drug-likeness (QED) is 0.865. The van der Waals surface area contributed by atoms with Gasteiger partial charge in [-0.2, -0.15) is 0 Å². The predicted molar refractivity (Wildman–Crippen MR) is 69.0 cm³/mol. The minimum atomic E-state index is -3.41. The smallest absolute Gasteiger partial charge is 0.244 e. The lowest BCUT2D eigenvalue weighted by atomic mass is 10.3. The SMILES string of the molecule is CC(C(=O)Nc1nc2ccccc2[nH]1)S(C)(=O)=O. The lowest BCUT2D eigenvalue weighted by molar-refractivity contribution is -0.115. The first-order valence-electron chi connectivity index (χ1n) is 5.32. The van der Waals surface area contributed by atoms with E-state index >= 15 is 0 Å². The fraction of sp³-hybridized carbons (Fsp3) is 0.273. The van der Waals surface area contributed by atoms with E-state index in [1.165, 1.54) is 6.92 Å². The van der Waals surface area contributed by atoms with Gasteiger partial charge in [-0.25, -0.2) is 13.4 Å². The molecule has 0 aliphatic carbocycles. The van der Waals surface area contributed by atoms with E-state index in [9.17, 15) is 13.2 Å². The number of aromatic nitrogens is 2. The molecule has 0 fully saturated rings. The molecule has 1 aromatic carbocycles. The van der Waals surface area contributed by atoms with Crippen LogP contribution in [0.1, 0.15) is 6.92 Å². The molecule has 1 heterocycles. The Labute approximate surface area is 104 Å². The molecule has 0 spiro atoms. The number of aromatic amines is 1. The average molecular weight is 267 g/mol. The Morgan fingerprint density at radius 1 is 1.39 bits per heavy atom. The molecule has 0 saturated heterocycles. The maximum Gasteiger partial charge on any atom is 0.244 e. The van der Waals surface area contributed by atoms with E-state index in [4.69, 9.17) is 0 Å². The van der Waals surface area contributed by atoms with Crippen LogP contribution in [-0.4, -0.2) is 35.8 Å². The average Bonchev–Trinajstić information content (AvgIpc) is 2.68. The minimum absolute atomic E-state index is 0.247. The second-order valence-corrected chi connectivity index (χ2v) is 6.43. The summed E-state index contributed by atoms with van der Waals surface area (Å²) in [5.41, 5.74) is 1.49. The Kier molecular flexibility index (Phi) is 3.08. The Morgan fingerprint density at radius 2 is 2.06 bits per heavy atom. The monoisotopic (exact) mass is 267 g/mol. The van der Waals surface area contributed by atoms with Gasteiger partial charge < -0.3 is 4.98 Å². The summed E-state index contributed by atoms with van der Waals surface area (Å²) in [4.78, 5) is 18.7. The van der Waals surface area contributed by atoms with Crippen LogP contribution < -0.4 is 5.32 Å². The molecule has 0 saturated carbocycles. The Hall–Kier alpha value is -1.89. The third-order valence-electron chi connectivity index (χ3n) is 2.64. The van der Waals surface area contributed by atoms with Crippen LogP contribution in [0.15, 0.2) is 24.3 Å². The predicted octanol–water partition coefficient (Wildman–Crippen LogP) is 0.934. The first kappa shape index (κ1) is 12.6. The highest BCUT2D eigenvalue weighted by molar-refractivity contribution is 7.92. The van der Waals surface area contributed by atoms with Gasteiger partial charge in [-0.1, -0.05) is 12.1 Å². The molecule has 7 heteroatoms. The van der Waals surface area contributed by atoms with Crippen molar-refractivity contribution in [2.75, 3.05) is 11.6 Å². The first-order chi connectivity index (χ1) is 8.38. The highest BCUT2D eigenvalue weighted by atomic mass is 32.2. The van der Waals surface area contributed by atoms with Crippen LogP contribution in [0.2, 0.25) is 0 Å². The molecule has 2 N–H and O–H groups in total. The van der Waals surface area contributed by atoms with Gasteiger partial charge in [0.1, 0.15) is 5.25 Å². The third kappa shape index (κ3) is 2.51. The highest BCUT2D eigenvalue weighted by Gasteiger charge is 2.24. The van der Waals surface area contributed by atoms with Crippen molar-refractivity contribution in [1.29, 1.82) is 0 Å². The molecule has 0 aliphatic heterocycles. The number of sulfone groups is 1. The van der Waals surface area contributed by atoms with E-state index in [0.717, 1.165) is 11.8 Å². The van der Waals surface area contributed by atoms with E-state index < -0.39 is 21.0 Å². The van der Waals surface area contributed by atoms with Gasteiger partial charge in [0.2, 0.25) is 11.9 Å². The molecule has 2 rings (SSSR count). The number of hydrogen-bond donors (Lipinski definition) is 2. The molecule has 2 aromatic rings. The van der Waals surface area contributed by atoms with Gasteiger partial charge in [0, 0.05) is 6.26 Å². The second-order valence-electron chi connectivity index (χ2n) is 4.06. The van der Waals surface area contributed by atoms with Gasteiger partial charge in [-0.15, -0.1) is 0 Å². The first-order valence-corrected chi connectivity index (χ1v) is 7.28. The summed E-state index contributed by atoms with van der Waals surface area (Å²) in [6.45, 7) is 1.34. The topological polar surface area (TPSA) is 91.9 Å². The number of nitrogens with one attached hydrogen (secondary N) is 2. The molecule has 6 nitrogen and oxygen atoms in total. The normalized spacial score (nSPS) is 13.4. The zero-order valence-electron chi connectivity index (χ0n) is 9.97. The zero-order valence-corrected chi connectivity index (χ0v) is 10.8.